The molecule has 3 heterocycles. The Morgan fingerprint density at radius 3 is 2.86 bits per heavy atom. The smallest absolute Gasteiger partial charge is 0.349 e. The van der Waals surface area contributed by atoms with Crippen molar-refractivity contribution in [3.05, 3.63) is 62.5 Å². The number of benzene rings is 1. The Hall–Kier alpha value is -3.04. The van der Waals surface area contributed by atoms with Crippen molar-refractivity contribution in [2.24, 2.45) is 7.05 Å². The Morgan fingerprint density at radius 2 is 2.07 bits per heavy atom. The molecule has 0 saturated heterocycles. The summed E-state index contributed by atoms with van der Waals surface area (Å²) >= 11 is 2.62. The third-order valence-corrected chi connectivity index (χ3v) is 6.54. The molecule has 9 heteroatoms. The standard InChI is InChI=1S/C20H17N3O4S2/c1-11-15-18(21-10-23(2)19(15)24)29-16(11)20(25)27-8-12-9-28-17(22-12)13-6-4-5-7-14(13)26-3/h4-7,9-10H,8H2,1-3H3. The van der Waals surface area contributed by atoms with Crippen LogP contribution in [-0.2, 0) is 18.4 Å². The molecular weight excluding hydrogens is 410 g/mol. The number of carbonyl (C=O) groups excluding carboxylic acids is 1. The van der Waals surface area contributed by atoms with Crippen LogP contribution < -0.4 is 10.3 Å². The monoisotopic (exact) mass is 427 g/mol. The highest BCUT2D eigenvalue weighted by Gasteiger charge is 2.20. The van der Waals surface area contributed by atoms with Crippen molar-refractivity contribution in [1.29, 1.82) is 0 Å². The van der Waals surface area contributed by atoms with E-state index in [9.17, 15) is 9.59 Å². The van der Waals surface area contributed by atoms with Crippen molar-refractivity contribution < 1.29 is 14.3 Å². The summed E-state index contributed by atoms with van der Waals surface area (Å²) in [5.41, 5.74) is 1.96. The summed E-state index contributed by atoms with van der Waals surface area (Å²) in [5.74, 6) is 0.250. The number of thiophene rings is 1. The second kappa shape index (κ2) is 7.76. The van der Waals surface area contributed by atoms with E-state index < -0.39 is 5.97 Å². The van der Waals surface area contributed by atoms with Crippen molar-refractivity contribution in [2.75, 3.05) is 7.11 Å². The normalized spacial score (nSPS) is 11.0. The molecule has 0 bridgehead atoms. The predicted octanol–water partition coefficient (Wildman–Crippen LogP) is 3.79. The first kappa shape index (κ1) is 19.3. The van der Waals surface area contributed by atoms with Gasteiger partial charge in [-0.1, -0.05) is 12.1 Å². The summed E-state index contributed by atoms with van der Waals surface area (Å²) in [7, 11) is 3.25. The van der Waals surface area contributed by atoms with Crippen LogP contribution in [0.5, 0.6) is 5.75 Å². The number of ether oxygens (including phenoxy) is 2. The zero-order valence-corrected chi connectivity index (χ0v) is 17.6. The van der Waals surface area contributed by atoms with E-state index in [4.69, 9.17) is 9.47 Å². The lowest BCUT2D eigenvalue weighted by Crippen LogP contribution is -2.16. The van der Waals surface area contributed by atoms with Gasteiger partial charge in [0.2, 0.25) is 0 Å². The number of thiazole rings is 1. The number of aryl methyl sites for hydroxylation is 2. The molecule has 29 heavy (non-hydrogen) atoms. The van der Waals surface area contributed by atoms with E-state index in [0.717, 1.165) is 27.7 Å². The topological polar surface area (TPSA) is 83.3 Å². The van der Waals surface area contributed by atoms with E-state index in [1.54, 1.807) is 21.1 Å². The van der Waals surface area contributed by atoms with E-state index >= 15 is 0 Å². The Labute approximate surface area is 174 Å². The van der Waals surface area contributed by atoms with Gasteiger partial charge in [-0.3, -0.25) is 4.79 Å². The van der Waals surface area contributed by atoms with Crippen molar-refractivity contribution in [1.82, 2.24) is 14.5 Å². The van der Waals surface area contributed by atoms with E-state index in [-0.39, 0.29) is 12.2 Å². The highest BCUT2D eigenvalue weighted by Crippen LogP contribution is 2.32. The number of hydrogen-bond acceptors (Lipinski definition) is 8. The van der Waals surface area contributed by atoms with Crippen molar-refractivity contribution in [3.63, 3.8) is 0 Å². The summed E-state index contributed by atoms with van der Waals surface area (Å²) in [6.07, 6.45) is 1.45. The molecule has 0 radical (unpaired) electrons. The Balaban J connectivity index is 1.53. The summed E-state index contributed by atoms with van der Waals surface area (Å²) < 4.78 is 12.2. The van der Waals surface area contributed by atoms with Crippen LogP contribution in [0.4, 0.5) is 0 Å². The van der Waals surface area contributed by atoms with Crippen LogP contribution in [0.3, 0.4) is 0 Å². The molecular formula is C20H17N3O4S2. The maximum absolute atomic E-state index is 12.6. The van der Waals surface area contributed by atoms with Crippen molar-refractivity contribution >= 4 is 38.9 Å². The van der Waals surface area contributed by atoms with Gasteiger partial charge in [0.15, 0.2) is 0 Å². The first-order valence-corrected chi connectivity index (χ1v) is 10.4. The van der Waals surface area contributed by atoms with Gasteiger partial charge >= 0.3 is 5.97 Å². The maximum Gasteiger partial charge on any atom is 0.349 e. The molecule has 4 rings (SSSR count). The molecule has 4 aromatic rings. The number of fused-ring (bicyclic) bond motifs is 1. The fourth-order valence-electron chi connectivity index (χ4n) is 2.93. The quantitative estimate of drug-likeness (QED) is 0.451. The van der Waals surface area contributed by atoms with Crippen LogP contribution in [0.1, 0.15) is 20.9 Å². The summed E-state index contributed by atoms with van der Waals surface area (Å²) in [6, 6.07) is 7.62. The van der Waals surface area contributed by atoms with Crippen molar-refractivity contribution in [2.45, 2.75) is 13.5 Å². The van der Waals surface area contributed by atoms with Gasteiger partial charge < -0.3 is 14.0 Å². The van der Waals surface area contributed by atoms with E-state index in [2.05, 4.69) is 9.97 Å². The van der Waals surface area contributed by atoms with Gasteiger partial charge in [-0.2, -0.15) is 0 Å². The van der Waals surface area contributed by atoms with Gasteiger partial charge in [0.1, 0.15) is 27.1 Å². The van der Waals surface area contributed by atoms with E-state index in [1.165, 1.54) is 22.2 Å². The lowest BCUT2D eigenvalue weighted by molar-refractivity contribution is 0.0473. The van der Waals surface area contributed by atoms with Crippen LogP contribution in [-0.4, -0.2) is 27.6 Å². The summed E-state index contributed by atoms with van der Waals surface area (Å²) in [6.45, 7) is 1.78. The van der Waals surface area contributed by atoms with Crippen LogP contribution in [0.25, 0.3) is 20.8 Å². The molecule has 0 atom stereocenters. The number of hydrogen-bond donors (Lipinski definition) is 0. The fourth-order valence-corrected chi connectivity index (χ4v) is 4.79. The zero-order valence-electron chi connectivity index (χ0n) is 16.0. The Morgan fingerprint density at radius 1 is 1.28 bits per heavy atom. The molecule has 1 aromatic carbocycles. The van der Waals surface area contributed by atoms with Crippen LogP contribution in [0.2, 0.25) is 0 Å². The third-order valence-electron chi connectivity index (χ3n) is 4.44. The van der Waals surface area contributed by atoms with Crippen LogP contribution in [0, 0.1) is 6.92 Å². The number of esters is 1. The third kappa shape index (κ3) is 3.54. The van der Waals surface area contributed by atoms with Crippen molar-refractivity contribution in [3.8, 4) is 16.3 Å². The number of rotatable bonds is 5. The molecule has 0 N–H and O–H groups in total. The molecule has 0 saturated carbocycles. The number of aromatic nitrogens is 3. The average Bonchev–Trinajstić information content (AvgIpc) is 3.34. The number of nitrogens with zero attached hydrogens (tertiary/aromatic N) is 3. The molecule has 148 valence electrons. The fraction of sp³-hybridized carbons (Fsp3) is 0.200. The molecule has 0 fully saturated rings. The zero-order chi connectivity index (χ0) is 20.5. The summed E-state index contributed by atoms with van der Waals surface area (Å²) in [4.78, 5) is 34.6. The average molecular weight is 428 g/mol. The molecule has 0 amide bonds. The van der Waals surface area contributed by atoms with Crippen LogP contribution in [0.15, 0.2) is 40.8 Å². The molecule has 0 aliphatic carbocycles. The van der Waals surface area contributed by atoms with Gasteiger partial charge in [-0.05, 0) is 24.6 Å². The minimum Gasteiger partial charge on any atom is -0.496 e. The Kier molecular flexibility index (Phi) is 5.16. The minimum absolute atomic E-state index is 0.0452. The first-order chi connectivity index (χ1) is 14.0. The highest BCUT2D eigenvalue weighted by atomic mass is 32.1. The number of carbonyl (C=O) groups is 1. The lowest BCUT2D eigenvalue weighted by atomic mass is 10.2. The van der Waals surface area contributed by atoms with Gasteiger partial charge in [0.05, 0.1) is 30.1 Å². The lowest BCUT2D eigenvalue weighted by Gasteiger charge is -2.05. The van der Waals surface area contributed by atoms with Gasteiger partial charge in [0.25, 0.3) is 5.56 Å². The number of para-hydroxylation sites is 1. The molecule has 3 aromatic heterocycles. The minimum atomic E-state index is -0.487. The first-order valence-electron chi connectivity index (χ1n) is 8.69. The van der Waals surface area contributed by atoms with Gasteiger partial charge in [-0.25, -0.2) is 14.8 Å². The predicted molar refractivity (Wildman–Crippen MR) is 113 cm³/mol. The SMILES string of the molecule is COc1ccccc1-c1nc(COC(=O)c2sc3ncn(C)c(=O)c3c2C)cs1. The molecule has 0 unspecified atom stereocenters. The molecule has 0 aliphatic heterocycles. The molecule has 7 nitrogen and oxygen atoms in total. The summed E-state index contributed by atoms with van der Waals surface area (Å²) in [5, 5.41) is 3.10. The van der Waals surface area contributed by atoms with E-state index in [0.29, 0.717) is 26.4 Å². The highest BCUT2D eigenvalue weighted by molar-refractivity contribution is 7.20. The van der Waals surface area contributed by atoms with E-state index in [1.807, 2.05) is 29.6 Å². The second-order valence-corrected chi connectivity index (χ2v) is 8.17. The molecule has 0 spiro atoms. The number of methoxy groups -OCH3 is 1. The Bertz CT molecular complexity index is 1270. The van der Waals surface area contributed by atoms with Gasteiger partial charge in [0, 0.05) is 12.4 Å². The van der Waals surface area contributed by atoms with Crippen LogP contribution >= 0.6 is 22.7 Å². The van der Waals surface area contributed by atoms with Gasteiger partial charge in [-0.15, -0.1) is 22.7 Å². The second-order valence-electron chi connectivity index (χ2n) is 6.32. The maximum atomic E-state index is 12.6. The molecule has 0 aliphatic rings. The largest absolute Gasteiger partial charge is 0.496 e.